The van der Waals surface area contributed by atoms with Crippen molar-refractivity contribution < 1.29 is 5.11 Å². The Kier molecular flexibility index (Phi) is 4.55. The van der Waals surface area contributed by atoms with E-state index in [1.807, 2.05) is 30.3 Å². The van der Waals surface area contributed by atoms with E-state index in [9.17, 15) is 9.90 Å². The molecule has 0 amide bonds. The topological polar surface area (TPSA) is 62.8 Å². The molecule has 2 heterocycles. The molecule has 0 aliphatic heterocycles. The van der Waals surface area contributed by atoms with Crippen LogP contribution in [0.15, 0.2) is 53.5 Å². The van der Waals surface area contributed by atoms with Crippen LogP contribution in [0, 0.1) is 5.92 Å². The quantitative estimate of drug-likeness (QED) is 0.755. The maximum atomic E-state index is 12.4. The van der Waals surface area contributed by atoms with Crippen LogP contribution in [0.3, 0.4) is 0 Å². The van der Waals surface area contributed by atoms with Gasteiger partial charge in [-0.3, -0.25) is 4.40 Å². The van der Waals surface area contributed by atoms with Gasteiger partial charge in [-0.1, -0.05) is 26.0 Å². The summed E-state index contributed by atoms with van der Waals surface area (Å²) in [5, 5.41) is 14.1. The maximum absolute atomic E-state index is 12.4. The van der Waals surface area contributed by atoms with E-state index in [4.69, 9.17) is 0 Å². The van der Waals surface area contributed by atoms with E-state index in [1.165, 1.54) is 4.68 Å². The largest absolute Gasteiger partial charge is 0.508 e. The Hall–Kier alpha value is -2.76. The highest BCUT2D eigenvalue weighted by atomic mass is 16.3. The number of pyridine rings is 1. The van der Waals surface area contributed by atoms with Gasteiger partial charge in [0.2, 0.25) is 0 Å². The van der Waals surface area contributed by atoms with Crippen LogP contribution in [0.1, 0.15) is 13.8 Å². The Morgan fingerprint density at radius 3 is 2.75 bits per heavy atom. The van der Waals surface area contributed by atoms with E-state index in [0.717, 1.165) is 12.2 Å². The van der Waals surface area contributed by atoms with Crippen LogP contribution >= 0.6 is 0 Å². The molecular formula is C18H22N4O2. The van der Waals surface area contributed by atoms with E-state index in [2.05, 4.69) is 23.8 Å². The standard InChI is InChI=1S/C18H22N4O2/c1-14(2)13-20(15-6-5-7-16(23)12-15)10-11-22-18(24)21-9-4-3-8-17(21)19-22/h3-9,12,14,23H,10-11,13H2,1-2H3. The number of rotatable bonds is 6. The van der Waals surface area contributed by atoms with Crippen molar-refractivity contribution >= 4 is 11.3 Å². The molecular weight excluding hydrogens is 304 g/mol. The van der Waals surface area contributed by atoms with Crippen LogP contribution in [-0.2, 0) is 6.54 Å². The fourth-order valence-corrected chi connectivity index (χ4v) is 2.79. The van der Waals surface area contributed by atoms with Crippen molar-refractivity contribution in [3.63, 3.8) is 0 Å². The van der Waals surface area contributed by atoms with Gasteiger partial charge in [0.1, 0.15) is 5.75 Å². The van der Waals surface area contributed by atoms with Crippen molar-refractivity contribution in [3.8, 4) is 5.75 Å². The van der Waals surface area contributed by atoms with Gasteiger partial charge in [-0.05, 0) is 30.2 Å². The van der Waals surface area contributed by atoms with E-state index in [-0.39, 0.29) is 11.4 Å². The second kappa shape index (κ2) is 6.78. The molecule has 126 valence electrons. The average Bonchev–Trinajstić information content (AvgIpc) is 2.88. The zero-order valence-corrected chi connectivity index (χ0v) is 14.0. The highest BCUT2D eigenvalue weighted by Crippen LogP contribution is 2.21. The lowest BCUT2D eigenvalue weighted by Gasteiger charge is -2.26. The van der Waals surface area contributed by atoms with Gasteiger partial charge in [-0.15, -0.1) is 5.10 Å². The summed E-state index contributed by atoms with van der Waals surface area (Å²) in [7, 11) is 0. The van der Waals surface area contributed by atoms with E-state index in [1.54, 1.807) is 22.7 Å². The zero-order valence-electron chi connectivity index (χ0n) is 14.0. The number of phenolic OH excluding ortho intramolecular Hbond substituents is 1. The van der Waals surface area contributed by atoms with Gasteiger partial charge < -0.3 is 10.0 Å². The SMILES string of the molecule is CC(C)CN(CCn1nc2ccccn2c1=O)c1cccc(O)c1. The first-order valence-electron chi connectivity index (χ1n) is 8.13. The molecule has 0 spiro atoms. The monoisotopic (exact) mass is 326 g/mol. The fraction of sp³-hybridized carbons (Fsp3) is 0.333. The minimum atomic E-state index is -0.133. The molecule has 6 heteroatoms. The third-order valence-corrected chi connectivity index (χ3v) is 3.85. The molecule has 0 saturated carbocycles. The molecule has 0 radical (unpaired) electrons. The lowest BCUT2D eigenvalue weighted by atomic mass is 10.2. The molecule has 1 N–H and O–H groups in total. The van der Waals surface area contributed by atoms with Gasteiger partial charge in [-0.2, -0.15) is 0 Å². The summed E-state index contributed by atoms with van der Waals surface area (Å²) in [6.07, 6.45) is 1.72. The number of phenols is 1. The molecule has 6 nitrogen and oxygen atoms in total. The number of aromatic hydroxyl groups is 1. The van der Waals surface area contributed by atoms with Crippen LogP contribution in [0.4, 0.5) is 5.69 Å². The Labute approximate surface area is 140 Å². The summed E-state index contributed by atoms with van der Waals surface area (Å²) in [6.45, 7) is 6.26. The van der Waals surface area contributed by atoms with Gasteiger partial charge in [0, 0.05) is 31.0 Å². The summed E-state index contributed by atoms with van der Waals surface area (Å²) in [4.78, 5) is 14.5. The summed E-state index contributed by atoms with van der Waals surface area (Å²) < 4.78 is 3.03. The summed E-state index contributed by atoms with van der Waals surface area (Å²) in [5.41, 5.74) is 1.46. The number of hydrogen-bond donors (Lipinski definition) is 1. The van der Waals surface area contributed by atoms with Crippen molar-refractivity contribution in [1.29, 1.82) is 0 Å². The number of benzene rings is 1. The molecule has 0 aliphatic rings. The molecule has 0 fully saturated rings. The Morgan fingerprint density at radius 1 is 1.21 bits per heavy atom. The predicted molar refractivity (Wildman–Crippen MR) is 94.6 cm³/mol. The van der Waals surface area contributed by atoms with Crippen molar-refractivity contribution in [2.75, 3.05) is 18.0 Å². The van der Waals surface area contributed by atoms with Crippen molar-refractivity contribution in [1.82, 2.24) is 14.2 Å². The first-order chi connectivity index (χ1) is 11.5. The van der Waals surface area contributed by atoms with Crippen LogP contribution in [0.2, 0.25) is 0 Å². The Morgan fingerprint density at radius 2 is 2.04 bits per heavy atom. The lowest BCUT2D eigenvalue weighted by molar-refractivity contribution is 0.474. The van der Waals surface area contributed by atoms with Gasteiger partial charge in [0.05, 0.1) is 6.54 Å². The second-order valence-electron chi connectivity index (χ2n) is 6.29. The summed E-state index contributed by atoms with van der Waals surface area (Å²) >= 11 is 0. The van der Waals surface area contributed by atoms with Crippen LogP contribution in [0.5, 0.6) is 5.75 Å². The molecule has 0 bridgehead atoms. The van der Waals surface area contributed by atoms with Crippen molar-refractivity contribution in [3.05, 3.63) is 59.1 Å². The van der Waals surface area contributed by atoms with E-state index in [0.29, 0.717) is 24.7 Å². The molecule has 0 aliphatic carbocycles. The summed E-state index contributed by atoms with van der Waals surface area (Å²) in [5.74, 6) is 0.705. The highest BCUT2D eigenvalue weighted by Gasteiger charge is 2.12. The van der Waals surface area contributed by atoms with Crippen molar-refractivity contribution in [2.45, 2.75) is 20.4 Å². The van der Waals surface area contributed by atoms with Crippen LogP contribution in [-0.4, -0.2) is 32.4 Å². The minimum Gasteiger partial charge on any atom is -0.508 e. The average molecular weight is 326 g/mol. The highest BCUT2D eigenvalue weighted by molar-refractivity contribution is 5.50. The van der Waals surface area contributed by atoms with E-state index >= 15 is 0 Å². The number of fused-ring (bicyclic) bond motifs is 1. The smallest absolute Gasteiger partial charge is 0.350 e. The molecule has 3 rings (SSSR count). The first-order valence-corrected chi connectivity index (χ1v) is 8.13. The number of nitrogens with zero attached hydrogens (tertiary/aromatic N) is 4. The normalized spacial score (nSPS) is 11.3. The molecule has 0 unspecified atom stereocenters. The molecule has 0 atom stereocenters. The van der Waals surface area contributed by atoms with Crippen molar-refractivity contribution in [2.24, 2.45) is 5.92 Å². The zero-order chi connectivity index (χ0) is 17.1. The number of hydrogen-bond acceptors (Lipinski definition) is 4. The maximum Gasteiger partial charge on any atom is 0.350 e. The second-order valence-corrected chi connectivity index (χ2v) is 6.29. The van der Waals surface area contributed by atoms with E-state index < -0.39 is 0 Å². The third-order valence-electron chi connectivity index (χ3n) is 3.85. The molecule has 3 aromatic rings. The number of anilines is 1. The third kappa shape index (κ3) is 3.42. The Bertz CT molecular complexity index is 882. The number of aromatic nitrogens is 3. The first kappa shape index (κ1) is 16.1. The molecule has 24 heavy (non-hydrogen) atoms. The van der Waals surface area contributed by atoms with Gasteiger partial charge >= 0.3 is 5.69 Å². The Balaban J connectivity index is 1.82. The molecule has 1 aromatic carbocycles. The van der Waals surface area contributed by atoms with Crippen LogP contribution in [0.25, 0.3) is 5.65 Å². The predicted octanol–water partition coefficient (Wildman–Crippen LogP) is 2.36. The van der Waals surface area contributed by atoms with Gasteiger partial charge in [-0.25, -0.2) is 9.48 Å². The lowest BCUT2D eigenvalue weighted by Crippen LogP contribution is -2.33. The molecule has 2 aromatic heterocycles. The molecule has 0 saturated heterocycles. The van der Waals surface area contributed by atoms with Crippen LogP contribution < -0.4 is 10.6 Å². The summed E-state index contributed by atoms with van der Waals surface area (Å²) in [6, 6.07) is 12.7. The van der Waals surface area contributed by atoms with Gasteiger partial charge in [0.15, 0.2) is 5.65 Å². The minimum absolute atomic E-state index is 0.133. The van der Waals surface area contributed by atoms with Gasteiger partial charge in [0.25, 0.3) is 0 Å². The fourth-order valence-electron chi connectivity index (χ4n) is 2.79.